The largest absolute Gasteiger partial charge is 0.493 e. The molecule has 1 aliphatic rings. The third-order valence-electron chi connectivity index (χ3n) is 3.61. The summed E-state index contributed by atoms with van der Waals surface area (Å²) in [7, 11) is 1.53. The van der Waals surface area contributed by atoms with Crippen LogP contribution in [0.2, 0.25) is 15.1 Å². The summed E-state index contributed by atoms with van der Waals surface area (Å²) < 4.78 is 11.2. The van der Waals surface area contributed by atoms with Crippen LogP contribution in [0, 0.1) is 0 Å². The van der Waals surface area contributed by atoms with Crippen molar-refractivity contribution in [3.63, 3.8) is 0 Å². The zero-order chi connectivity index (χ0) is 20.1. The number of hydrogen-bond donors (Lipinski definition) is 1. The summed E-state index contributed by atoms with van der Waals surface area (Å²) in [6, 6.07) is 8.50. The lowest BCUT2D eigenvalue weighted by Gasteiger charge is -2.13. The number of amides is 1. The molecule has 1 amide bonds. The molecule has 0 bridgehead atoms. The predicted octanol–water partition coefficient (Wildman–Crippen LogP) is 4.79. The summed E-state index contributed by atoms with van der Waals surface area (Å²) in [4.78, 5) is 11.1. The number of amidine groups is 1. The van der Waals surface area contributed by atoms with Crippen molar-refractivity contribution in [3.8, 4) is 11.5 Å². The van der Waals surface area contributed by atoms with Crippen LogP contribution < -0.4 is 14.8 Å². The van der Waals surface area contributed by atoms with Gasteiger partial charge in [-0.1, -0.05) is 52.6 Å². The number of rotatable bonds is 6. The second kappa shape index (κ2) is 9.52. The lowest BCUT2D eigenvalue weighted by molar-refractivity contribution is -0.116. The molecule has 1 aliphatic heterocycles. The van der Waals surface area contributed by atoms with E-state index in [9.17, 15) is 4.79 Å². The number of ether oxygens (including phenoxy) is 2. The van der Waals surface area contributed by atoms with Gasteiger partial charge in [-0.05, 0) is 18.2 Å². The Kier molecular flexibility index (Phi) is 7.07. The summed E-state index contributed by atoms with van der Waals surface area (Å²) >= 11 is 19.7. The fraction of sp³-hybridized carbons (Fsp3) is 0.167. The fourth-order valence-electron chi connectivity index (χ4n) is 2.24. The molecular formula is C18H14Cl3N3O3S. The van der Waals surface area contributed by atoms with Gasteiger partial charge in [-0.2, -0.15) is 5.10 Å². The fourth-order valence-corrected chi connectivity index (χ4v) is 3.54. The molecule has 6 nitrogen and oxygen atoms in total. The molecule has 1 fully saturated rings. The van der Waals surface area contributed by atoms with E-state index in [0.29, 0.717) is 43.1 Å². The van der Waals surface area contributed by atoms with Crippen molar-refractivity contribution in [3.05, 3.63) is 56.5 Å². The van der Waals surface area contributed by atoms with E-state index in [1.807, 2.05) is 0 Å². The number of carbonyl (C=O) groups excluding carboxylic acids is 1. The van der Waals surface area contributed by atoms with E-state index in [4.69, 9.17) is 44.3 Å². The molecule has 3 rings (SSSR count). The maximum absolute atomic E-state index is 11.1. The molecule has 0 unspecified atom stereocenters. The number of thioether (sulfide) groups is 1. The summed E-state index contributed by atoms with van der Waals surface area (Å²) in [6.45, 7) is 0.223. The SMILES string of the molecule is COc1cc(C=NN=C2NC(=O)CS2)c(Cl)cc1OCc1ccc(Cl)cc1Cl. The average Bonchev–Trinajstić information content (AvgIpc) is 3.07. The molecule has 28 heavy (non-hydrogen) atoms. The first-order valence-electron chi connectivity index (χ1n) is 7.94. The first kappa shape index (κ1) is 20.8. The Morgan fingerprint density at radius 2 is 2.00 bits per heavy atom. The van der Waals surface area contributed by atoms with Crippen LogP contribution >= 0.6 is 46.6 Å². The van der Waals surface area contributed by atoms with Gasteiger partial charge in [0.2, 0.25) is 5.91 Å². The van der Waals surface area contributed by atoms with Gasteiger partial charge >= 0.3 is 0 Å². The van der Waals surface area contributed by atoms with Gasteiger partial charge in [0.15, 0.2) is 16.7 Å². The number of nitrogens with one attached hydrogen (secondary N) is 1. The van der Waals surface area contributed by atoms with E-state index in [-0.39, 0.29) is 12.5 Å². The Hall–Kier alpha value is -1.93. The van der Waals surface area contributed by atoms with Crippen molar-refractivity contribution in [1.29, 1.82) is 0 Å². The first-order valence-corrected chi connectivity index (χ1v) is 10.1. The third-order valence-corrected chi connectivity index (χ3v) is 5.39. The standard InChI is InChI=1S/C18H14Cl3N3O3S/c1-26-15-4-11(7-22-24-18-23-17(25)9-28-18)14(21)6-16(15)27-8-10-2-3-12(19)5-13(10)20/h2-7H,8-9H2,1H3,(H,23,24,25). The smallest absolute Gasteiger partial charge is 0.236 e. The molecule has 10 heteroatoms. The topological polar surface area (TPSA) is 72.3 Å². The van der Waals surface area contributed by atoms with E-state index in [1.165, 1.54) is 25.1 Å². The molecule has 0 spiro atoms. The Morgan fingerprint density at radius 1 is 1.18 bits per heavy atom. The maximum atomic E-state index is 11.1. The van der Waals surface area contributed by atoms with Gasteiger partial charge in [-0.3, -0.25) is 4.79 Å². The predicted molar refractivity (Wildman–Crippen MR) is 114 cm³/mol. The molecule has 2 aromatic carbocycles. The Bertz CT molecular complexity index is 967. The summed E-state index contributed by atoms with van der Waals surface area (Å²) in [5.74, 6) is 1.18. The van der Waals surface area contributed by atoms with Crippen LogP contribution in [-0.2, 0) is 11.4 Å². The molecule has 0 saturated carbocycles. The van der Waals surface area contributed by atoms with E-state index in [1.54, 1.807) is 30.3 Å². The summed E-state index contributed by atoms with van der Waals surface area (Å²) in [5.41, 5.74) is 1.37. The van der Waals surface area contributed by atoms with E-state index in [0.717, 1.165) is 5.56 Å². The highest BCUT2D eigenvalue weighted by Gasteiger charge is 2.16. The lowest BCUT2D eigenvalue weighted by atomic mass is 10.2. The van der Waals surface area contributed by atoms with Crippen LogP contribution in [0.25, 0.3) is 0 Å². The minimum atomic E-state index is -0.0963. The molecule has 1 N–H and O–H groups in total. The molecule has 1 heterocycles. The molecule has 1 saturated heterocycles. The third kappa shape index (κ3) is 5.32. The second-order valence-electron chi connectivity index (χ2n) is 5.54. The first-order chi connectivity index (χ1) is 13.5. The molecule has 146 valence electrons. The molecular weight excluding hydrogens is 445 g/mol. The van der Waals surface area contributed by atoms with E-state index >= 15 is 0 Å². The lowest BCUT2D eigenvalue weighted by Crippen LogP contribution is -2.19. The van der Waals surface area contributed by atoms with Crippen molar-refractivity contribution in [2.45, 2.75) is 6.61 Å². The highest BCUT2D eigenvalue weighted by Crippen LogP contribution is 2.34. The van der Waals surface area contributed by atoms with Gasteiger partial charge in [0.25, 0.3) is 0 Å². The minimum absolute atomic E-state index is 0.0963. The van der Waals surface area contributed by atoms with Crippen molar-refractivity contribution in [1.82, 2.24) is 5.32 Å². The van der Waals surface area contributed by atoms with Gasteiger partial charge in [-0.15, -0.1) is 5.10 Å². The van der Waals surface area contributed by atoms with Crippen LogP contribution in [-0.4, -0.2) is 30.2 Å². The number of benzene rings is 2. The molecule has 0 atom stereocenters. The second-order valence-corrected chi connectivity index (χ2v) is 7.75. The van der Waals surface area contributed by atoms with Crippen LogP contribution in [0.1, 0.15) is 11.1 Å². The number of nitrogens with zero attached hydrogens (tertiary/aromatic N) is 2. The highest BCUT2D eigenvalue weighted by atomic mass is 35.5. The Labute approximate surface area is 180 Å². The van der Waals surface area contributed by atoms with Crippen LogP contribution in [0.4, 0.5) is 0 Å². The van der Waals surface area contributed by atoms with Crippen molar-refractivity contribution in [2.24, 2.45) is 10.2 Å². The van der Waals surface area contributed by atoms with Crippen molar-refractivity contribution >= 4 is 63.9 Å². The molecule has 0 radical (unpaired) electrons. The zero-order valence-electron chi connectivity index (χ0n) is 14.5. The van der Waals surface area contributed by atoms with Crippen LogP contribution in [0.3, 0.4) is 0 Å². The summed E-state index contributed by atoms with van der Waals surface area (Å²) in [6.07, 6.45) is 1.47. The van der Waals surface area contributed by atoms with Crippen molar-refractivity contribution in [2.75, 3.05) is 12.9 Å². The number of halogens is 3. The zero-order valence-corrected chi connectivity index (χ0v) is 17.6. The summed E-state index contributed by atoms with van der Waals surface area (Å²) in [5, 5.41) is 12.4. The van der Waals surface area contributed by atoms with Crippen molar-refractivity contribution < 1.29 is 14.3 Å². The molecule has 0 aliphatic carbocycles. The average molecular weight is 459 g/mol. The quantitative estimate of drug-likeness (QED) is 0.499. The minimum Gasteiger partial charge on any atom is -0.493 e. The molecule has 2 aromatic rings. The maximum Gasteiger partial charge on any atom is 0.236 e. The van der Waals surface area contributed by atoms with E-state index < -0.39 is 0 Å². The number of methoxy groups -OCH3 is 1. The van der Waals surface area contributed by atoms with Gasteiger partial charge in [0, 0.05) is 27.2 Å². The van der Waals surface area contributed by atoms with E-state index in [2.05, 4.69) is 15.5 Å². The van der Waals surface area contributed by atoms with Gasteiger partial charge in [0.1, 0.15) is 6.61 Å². The Morgan fingerprint density at radius 3 is 2.68 bits per heavy atom. The highest BCUT2D eigenvalue weighted by molar-refractivity contribution is 8.15. The number of carbonyl (C=O) groups is 1. The van der Waals surface area contributed by atoms with Gasteiger partial charge < -0.3 is 14.8 Å². The van der Waals surface area contributed by atoms with Gasteiger partial charge in [0.05, 0.1) is 24.1 Å². The number of hydrogen-bond acceptors (Lipinski definition) is 6. The van der Waals surface area contributed by atoms with Gasteiger partial charge in [-0.25, -0.2) is 0 Å². The van der Waals surface area contributed by atoms with Crippen LogP contribution in [0.5, 0.6) is 11.5 Å². The molecule has 0 aromatic heterocycles. The monoisotopic (exact) mass is 457 g/mol. The normalized spacial score (nSPS) is 15.3. The Balaban J connectivity index is 1.74. The van der Waals surface area contributed by atoms with Crippen LogP contribution in [0.15, 0.2) is 40.5 Å².